The van der Waals surface area contributed by atoms with Crippen LogP contribution >= 0.6 is 11.8 Å². The van der Waals surface area contributed by atoms with Gasteiger partial charge < -0.3 is 9.47 Å². The van der Waals surface area contributed by atoms with Crippen molar-refractivity contribution in [1.29, 1.82) is 0 Å². The number of piperidine rings is 1. The summed E-state index contributed by atoms with van der Waals surface area (Å²) in [6.45, 7) is 4.44. The fourth-order valence-corrected chi connectivity index (χ4v) is 5.14. The van der Waals surface area contributed by atoms with Crippen molar-refractivity contribution in [2.45, 2.75) is 31.5 Å². The van der Waals surface area contributed by atoms with Crippen LogP contribution in [0.2, 0.25) is 0 Å². The Morgan fingerprint density at radius 2 is 1.90 bits per heavy atom. The first kappa shape index (κ1) is 20.1. The highest BCUT2D eigenvalue weighted by molar-refractivity contribution is 7.99. The fourth-order valence-electron chi connectivity index (χ4n) is 4.29. The van der Waals surface area contributed by atoms with Gasteiger partial charge in [-0.2, -0.15) is 0 Å². The molecule has 5 rings (SSSR count). The van der Waals surface area contributed by atoms with Crippen molar-refractivity contribution in [1.82, 2.24) is 24.1 Å². The molecule has 2 aromatic carbocycles. The molecule has 0 radical (unpaired) electrons. The van der Waals surface area contributed by atoms with Gasteiger partial charge in [-0.15, -0.1) is 10.2 Å². The zero-order chi connectivity index (χ0) is 21.4. The highest BCUT2D eigenvalue weighted by Crippen LogP contribution is 2.27. The third-order valence-electron chi connectivity index (χ3n) is 5.86. The van der Waals surface area contributed by atoms with Gasteiger partial charge in [0.05, 0.1) is 23.3 Å². The maximum absolute atomic E-state index is 13.3. The minimum absolute atomic E-state index is 0.156. The zero-order valence-corrected chi connectivity index (χ0v) is 18.2. The number of para-hydroxylation sites is 2. The van der Waals surface area contributed by atoms with Crippen molar-refractivity contribution < 1.29 is 9.18 Å². The predicted octanol–water partition coefficient (Wildman–Crippen LogP) is 4.22. The Labute approximate surface area is 184 Å². The van der Waals surface area contributed by atoms with Gasteiger partial charge in [0.25, 0.3) is 0 Å². The number of carbonyl (C=O) groups excluding carboxylic acids is 1. The Kier molecular flexibility index (Phi) is 5.40. The summed E-state index contributed by atoms with van der Waals surface area (Å²) in [5.41, 5.74) is 3.00. The molecule has 0 bridgehead atoms. The average molecular weight is 438 g/mol. The standard InChI is InChI=1S/C23H24FN5OS/c1-16-5-4-12-27(13-16)21(30)15-31-23-26-25-22-28(14-17-8-10-18(24)11-9-17)19-6-2-3-7-20(19)29(22)23/h2-3,6-11,16H,4-5,12-15H2,1H3/t16-/m0/s1. The van der Waals surface area contributed by atoms with E-state index in [0.29, 0.717) is 29.1 Å². The fraction of sp³-hybridized carbons (Fsp3) is 0.348. The van der Waals surface area contributed by atoms with Crippen molar-refractivity contribution >= 4 is 34.5 Å². The number of benzene rings is 2. The topological polar surface area (TPSA) is 55.4 Å². The second-order valence-electron chi connectivity index (χ2n) is 8.20. The van der Waals surface area contributed by atoms with Crippen molar-refractivity contribution in [3.63, 3.8) is 0 Å². The van der Waals surface area contributed by atoms with Gasteiger partial charge in [-0.3, -0.25) is 9.20 Å². The van der Waals surface area contributed by atoms with E-state index in [9.17, 15) is 9.18 Å². The lowest BCUT2D eigenvalue weighted by Gasteiger charge is -2.30. The van der Waals surface area contributed by atoms with Crippen LogP contribution in [0.15, 0.2) is 53.7 Å². The molecule has 1 fully saturated rings. The summed E-state index contributed by atoms with van der Waals surface area (Å²) in [5, 5.41) is 9.52. The Morgan fingerprint density at radius 3 is 2.68 bits per heavy atom. The van der Waals surface area contributed by atoms with E-state index in [1.54, 1.807) is 12.1 Å². The molecule has 160 valence electrons. The van der Waals surface area contributed by atoms with Crippen LogP contribution in [0.4, 0.5) is 4.39 Å². The number of amides is 1. The molecule has 2 aromatic heterocycles. The number of fused-ring (bicyclic) bond motifs is 3. The van der Waals surface area contributed by atoms with Gasteiger partial charge in [0, 0.05) is 13.1 Å². The van der Waals surface area contributed by atoms with Crippen molar-refractivity contribution in [2.75, 3.05) is 18.8 Å². The Bertz CT molecular complexity index is 1230. The first-order chi connectivity index (χ1) is 15.1. The first-order valence-corrected chi connectivity index (χ1v) is 11.6. The number of rotatable bonds is 5. The number of imidazole rings is 1. The lowest BCUT2D eigenvalue weighted by Crippen LogP contribution is -2.40. The van der Waals surface area contributed by atoms with Gasteiger partial charge in [0.1, 0.15) is 5.82 Å². The maximum atomic E-state index is 13.3. The van der Waals surface area contributed by atoms with Gasteiger partial charge in [-0.25, -0.2) is 4.39 Å². The number of hydrogen-bond acceptors (Lipinski definition) is 4. The molecular weight excluding hydrogens is 413 g/mol. The number of nitrogens with zero attached hydrogens (tertiary/aromatic N) is 5. The molecule has 1 aliphatic heterocycles. The van der Waals surface area contributed by atoms with Crippen LogP contribution in [0.1, 0.15) is 25.3 Å². The molecule has 0 aliphatic carbocycles. The van der Waals surface area contributed by atoms with E-state index in [4.69, 9.17) is 0 Å². The lowest BCUT2D eigenvalue weighted by molar-refractivity contribution is -0.130. The molecule has 3 heterocycles. The van der Waals surface area contributed by atoms with E-state index in [1.165, 1.54) is 30.3 Å². The number of hydrogen-bond donors (Lipinski definition) is 0. The number of carbonyl (C=O) groups is 1. The molecule has 0 spiro atoms. The molecule has 1 amide bonds. The number of thioether (sulfide) groups is 1. The van der Waals surface area contributed by atoms with Crippen LogP contribution < -0.4 is 0 Å². The van der Waals surface area contributed by atoms with E-state index in [2.05, 4.69) is 21.7 Å². The smallest absolute Gasteiger partial charge is 0.237 e. The second-order valence-corrected chi connectivity index (χ2v) is 9.14. The van der Waals surface area contributed by atoms with Gasteiger partial charge >= 0.3 is 0 Å². The lowest BCUT2D eigenvalue weighted by atomic mass is 10.0. The summed E-state index contributed by atoms with van der Waals surface area (Å²) < 4.78 is 17.4. The summed E-state index contributed by atoms with van der Waals surface area (Å²) in [4.78, 5) is 14.7. The summed E-state index contributed by atoms with van der Waals surface area (Å²) in [6.07, 6.45) is 2.26. The van der Waals surface area contributed by atoms with Crippen LogP contribution in [-0.2, 0) is 11.3 Å². The molecule has 1 aliphatic rings. The summed E-state index contributed by atoms with van der Waals surface area (Å²) in [7, 11) is 0. The molecule has 0 unspecified atom stereocenters. The van der Waals surface area contributed by atoms with Crippen molar-refractivity contribution in [3.8, 4) is 0 Å². The molecule has 1 saturated heterocycles. The van der Waals surface area contributed by atoms with Gasteiger partial charge in [0.2, 0.25) is 11.7 Å². The molecular formula is C23H24FN5OS. The Balaban J connectivity index is 1.44. The monoisotopic (exact) mass is 437 g/mol. The number of aromatic nitrogens is 4. The van der Waals surface area contributed by atoms with Crippen LogP contribution in [0.25, 0.3) is 16.8 Å². The quantitative estimate of drug-likeness (QED) is 0.439. The maximum Gasteiger partial charge on any atom is 0.237 e. The third-order valence-corrected chi connectivity index (χ3v) is 6.77. The van der Waals surface area contributed by atoms with E-state index in [-0.39, 0.29) is 11.7 Å². The highest BCUT2D eigenvalue weighted by atomic mass is 32.2. The van der Waals surface area contributed by atoms with E-state index in [1.807, 2.05) is 33.6 Å². The molecule has 0 saturated carbocycles. The normalized spacial score (nSPS) is 17.0. The minimum Gasteiger partial charge on any atom is -0.342 e. The first-order valence-electron chi connectivity index (χ1n) is 10.6. The summed E-state index contributed by atoms with van der Waals surface area (Å²) in [5.74, 6) is 1.54. The van der Waals surface area contributed by atoms with Gasteiger partial charge in [-0.05, 0) is 48.6 Å². The van der Waals surface area contributed by atoms with Crippen molar-refractivity contribution in [3.05, 3.63) is 59.9 Å². The Morgan fingerprint density at radius 1 is 1.13 bits per heavy atom. The number of likely N-dealkylation sites (tertiary alicyclic amines) is 1. The largest absolute Gasteiger partial charge is 0.342 e. The van der Waals surface area contributed by atoms with E-state index in [0.717, 1.165) is 36.1 Å². The van der Waals surface area contributed by atoms with E-state index < -0.39 is 0 Å². The molecule has 6 nitrogen and oxygen atoms in total. The molecule has 8 heteroatoms. The molecule has 4 aromatic rings. The van der Waals surface area contributed by atoms with Crippen LogP contribution in [0.5, 0.6) is 0 Å². The average Bonchev–Trinajstić information content (AvgIpc) is 3.33. The minimum atomic E-state index is -0.250. The van der Waals surface area contributed by atoms with Crippen LogP contribution in [-0.4, -0.2) is 48.8 Å². The second kappa shape index (κ2) is 8.34. The van der Waals surface area contributed by atoms with Gasteiger partial charge in [0.15, 0.2) is 5.16 Å². The third kappa shape index (κ3) is 3.92. The Hall–Kier alpha value is -2.87. The van der Waals surface area contributed by atoms with Gasteiger partial charge in [-0.1, -0.05) is 43.0 Å². The molecule has 31 heavy (non-hydrogen) atoms. The molecule has 0 N–H and O–H groups in total. The molecule has 1 atom stereocenters. The van der Waals surface area contributed by atoms with Crippen LogP contribution in [0, 0.1) is 11.7 Å². The van der Waals surface area contributed by atoms with Crippen LogP contribution in [0.3, 0.4) is 0 Å². The SMILES string of the molecule is C[C@H]1CCCN(C(=O)CSc2nnc3n(Cc4ccc(F)cc4)c4ccccc4n23)C1. The van der Waals surface area contributed by atoms with E-state index >= 15 is 0 Å². The number of halogens is 1. The van der Waals surface area contributed by atoms with Crippen molar-refractivity contribution in [2.24, 2.45) is 5.92 Å². The zero-order valence-electron chi connectivity index (χ0n) is 17.4. The summed E-state index contributed by atoms with van der Waals surface area (Å²) in [6, 6.07) is 14.6. The summed E-state index contributed by atoms with van der Waals surface area (Å²) >= 11 is 1.43. The highest BCUT2D eigenvalue weighted by Gasteiger charge is 2.23. The predicted molar refractivity (Wildman–Crippen MR) is 120 cm³/mol.